The van der Waals surface area contributed by atoms with Crippen LogP contribution >= 0.6 is 23.1 Å². The van der Waals surface area contributed by atoms with E-state index in [-0.39, 0.29) is 15.4 Å². The number of nitrogens with one attached hydrogen (secondary N) is 3. The molecule has 11 heteroatoms. The van der Waals surface area contributed by atoms with E-state index in [9.17, 15) is 13.2 Å². The van der Waals surface area contributed by atoms with Gasteiger partial charge in [0.05, 0.1) is 24.4 Å². The number of thiophene rings is 1. The number of amides is 1. The molecule has 1 atom stereocenters. The van der Waals surface area contributed by atoms with Gasteiger partial charge in [-0.3, -0.25) is 14.4 Å². The monoisotopic (exact) mass is 598 g/mol. The summed E-state index contributed by atoms with van der Waals surface area (Å²) in [5.74, 6) is 0.649. The van der Waals surface area contributed by atoms with E-state index in [4.69, 9.17) is 4.74 Å². The highest BCUT2D eigenvalue weighted by atomic mass is 32.2. The number of aryl methyl sites for hydroxylation is 2. The van der Waals surface area contributed by atoms with E-state index in [1.165, 1.54) is 16.9 Å². The smallest absolute Gasteiger partial charge is 0.271 e. The van der Waals surface area contributed by atoms with E-state index in [1.807, 2.05) is 43.0 Å². The average Bonchev–Trinajstić information content (AvgIpc) is 3.61. The van der Waals surface area contributed by atoms with Crippen LogP contribution in [0.4, 0.5) is 5.69 Å². The number of carbonyl (C=O) groups excluding carboxylic acids is 1. The van der Waals surface area contributed by atoms with Crippen molar-refractivity contribution in [1.29, 1.82) is 0 Å². The largest absolute Gasteiger partial charge is 0.379 e. The minimum absolute atomic E-state index is 0.199. The third-order valence-electron chi connectivity index (χ3n) is 6.94. The van der Waals surface area contributed by atoms with Gasteiger partial charge in [-0.15, -0.1) is 11.3 Å². The lowest BCUT2D eigenvalue weighted by Gasteiger charge is -2.30. The molecule has 0 radical (unpaired) electrons. The van der Waals surface area contributed by atoms with Crippen LogP contribution in [0.1, 0.15) is 27.2 Å². The predicted molar refractivity (Wildman–Crippen MR) is 164 cm³/mol. The number of rotatable bonds is 11. The third-order valence-corrected chi connectivity index (χ3v) is 11.3. The summed E-state index contributed by atoms with van der Waals surface area (Å²) in [5.41, 5.74) is 4.30. The van der Waals surface area contributed by atoms with Gasteiger partial charge in [-0.05, 0) is 54.1 Å². The van der Waals surface area contributed by atoms with Crippen LogP contribution in [-0.4, -0.2) is 68.9 Å². The van der Waals surface area contributed by atoms with E-state index >= 15 is 0 Å². The summed E-state index contributed by atoms with van der Waals surface area (Å²) < 4.78 is 34.6. The highest BCUT2D eigenvalue weighted by molar-refractivity contribution is 7.99. The number of H-pyrrole nitrogens is 1. The summed E-state index contributed by atoms with van der Waals surface area (Å²) in [5, 5.41) is 5.88. The SMILES string of the molecule is Cc1ccsc1S(=O)(=O)Nc1ccc(C)c2cc(C(=O)NCC(CN3CCOCC3)SCc3ccccc3)[nH]c12. The molecule has 212 valence electrons. The zero-order valence-corrected chi connectivity index (χ0v) is 25.1. The average molecular weight is 599 g/mol. The summed E-state index contributed by atoms with van der Waals surface area (Å²) in [6, 6.07) is 17.5. The van der Waals surface area contributed by atoms with Crippen LogP contribution in [0.25, 0.3) is 10.9 Å². The highest BCUT2D eigenvalue weighted by Crippen LogP contribution is 2.31. The van der Waals surface area contributed by atoms with E-state index < -0.39 is 10.0 Å². The van der Waals surface area contributed by atoms with Gasteiger partial charge in [0.25, 0.3) is 15.9 Å². The number of carbonyl (C=O) groups is 1. The first-order chi connectivity index (χ1) is 19.3. The molecule has 1 aliphatic heterocycles. The summed E-state index contributed by atoms with van der Waals surface area (Å²) in [4.78, 5) is 18.9. The lowest BCUT2D eigenvalue weighted by molar-refractivity contribution is 0.0381. The number of aromatic nitrogens is 1. The first-order valence-corrected chi connectivity index (χ1v) is 16.6. The number of sulfonamides is 1. The molecule has 1 amide bonds. The number of fused-ring (bicyclic) bond motifs is 1. The number of hydrogen-bond acceptors (Lipinski definition) is 7. The second-order valence-corrected chi connectivity index (χ2v) is 14.0. The Labute approximate surface area is 243 Å². The molecule has 1 unspecified atom stereocenters. The Morgan fingerprint density at radius 3 is 2.60 bits per heavy atom. The van der Waals surface area contributed by atoms with Crippen LogP contribution in [-0.2, 0) is 20.5 Å². The van der Waals surface area contributed by atoms with Crippen molar-refractivity contribution in [1.82, 2.24) is 15.2 Å². The summed E-state index contributed by atoms with van der Waals surface area (Å²) >= 11 is 3.02. The zero-order chi connectivity index (χ0) is 28.1. The fourth-order valence-electron chi connectivity index (χ4n) is 4.73. The minimum Gasteiger partial charge on any atom is -0.379 e. The molecule has 40 heavy (non-hydrogen) atoms. The van der Waals surface area contributed by atoms with Gasteiger partial charge >= 0.3 is 0 Å². The van der Waals surface area contributed by atoms with Crippen molar-refractivity contribution in [2.24, 2.45) is 0 Å². The van der Waals surface area contributed by atoms with Gasteiger partial charge in [0, 0.05) is 42.6 Å². The van der Waals surface area contributed by atoms with Gasteiger partial charge in [0.2, 0.25) is 0 Å². The molecule has 0 aliphatic carbocycles. The van der Waals surface area contributed by atoms with Crippen molar-refractivity contribution >= 4 is 55.6 Å². The van der Waals surface area contributed by atoms with Crippen molar-refractivity contribution in [2.45, 2.75) is 29.1 Å². The molecule has 2 aromatic carbocycles. The standard InChI is InChI=1S/C29H34N4O4S3/c1-20-8-9-25(32-40(35,36)29-21(2)10-15-38-29)27-24(20)16-26(31-27)28(34)30-17-23(18-33-11-13-37-14-12-33)39-19-22-6-4-3-5-7-22/h3-10,15-16,23,31-32H,11-14,17-19H2,1-2H3,(H,30,34). The second kappa shape index (κ2) is 12.8. The van der Waals surface area contributed by atoms with E-state index in [2.05, 4.69) is 32.1 Å². The lowest BCUT2D eigenvalue weighted by Crippen LogP contribution is -2.43. The van der Waals surface area contributed by atoms with Crippen molar-refractivity contribution in [3.05, 3.63) is 82.4 Å². The Balaban J connectivity index is 1.30. The van der Waals surface area contributed by atoms with Crippen LogP contribution in [0.5, 0.6) is 0 Å². The first kappa shape index (κ1) is 28.7. The zero-order valence-electron chi connectivity index (χ0n) is 22.6. The quantitative estimate of drug-likeness (QED) is 0.224. The second-order valence-electron chi connectivity index (χ2n) is 9.94. The number of anilines is 1. The molecule has 0 bridgehead atoms. The van der Waals surface area contributed by atoms with Crippen LogP contribution in [0.3, 0.4) is 0 Å². The Morgan fingerprint density at radius 2 is 1.88 bits per heavy atom. The Hall–Kier alpha value is -2.83. The number of ether oxygens (including phenoxy) is 1. The maximum Gasteiger partial charge on any atom is 0.271 e. The maximum atomic E-state index is 13.3. The van der Waals surface area contributed by atoms with Crippen molar-refractivity contribution in [3.8, 4) is 0 Å². The Morgan fingerprint density at radius 1 is 1.10 bits per heavy atom. The fourth-order valence-corrected chi connectivity index (χ4v) is 8.36. The van der Waals surface area contributed by atoms with Crippen molar-refractivity contribution < 1.29 is 17.9 Å². The van der Waals surface area contributed by atoms with E-state index in [0.29, 0.717) is 29.0 Å². The molecule has 1 fully saturated rings. The Bertz CT molecular complexity index is 1560. The number of nitrogens with zero attached hydrogens (tertiary/aromatic N) is 1. The van der Waals surface area contributed by atoms with Gasteiger partial charge in [-0.25, -0.2) is 8.42 Å². The van der Waals surface area contributed by atoms with Crippen molar-refractivity contribution in [3.63, 3.8) is 0 Å². The molecule has 8 nitrogen and oxygen atoms in total. The molecule has 3 N–H and O–H groups in total. The molecule has 5 rings (SSSR count). The summed E-state index contributed by atoms with van der Waals surface area (Å²) in [6.45, 7) is 8.34. The molecule has 0 saturated carbocycles. The van der Waals surface area contributed by atoms with E-state index in [0.717, 1.165) is 49.6 Å². The summed E-state index contributed by atoms with van der Waals surface area (Å²) in [7, 11) is -3.75. The molecular formula is C29H34N4O4S3. The van der Waals surface area contributed by atoms with Gasteiger partial charge in [-0.2, -0.15) is 11.8 Å². The normalized spacial score (nSPS) is 15.2. The minimum atomic E-state index is -3.75. The van der Waals surface area contributed by atoms with Gasteiger partial charge < -0.3 is 15.0 Å². The molecule has 3 heterocycles. The topological polar surface area (TPSA) is 104 Å². The van der Waals surface area contributed by atoms with Gasteiger partial charge in [0.15, 0.2) is 0 Å². The molecule has 1 saturated heterocycles. The number of morpholine rings is 1. The number of hydrogen-bond donors (Lipinski definition) is 3. The Kier molecular flexibility index (Phi) is 9.17. The number of thioether (sulfide) groups is 1. The van der Waals surface area contributed by atoms with Crippen molar-refractivity contribution in [2.75, 3.05) is 44.1 Å². The third kappa shape index (κ3) is 6.90. The molecular weight excluding hydrogens is 565 g/mol. The van der Waals surface area contributed by atoms with Gasteiger partial charge in [-0.1, -0.05) is 36.4 Å². The molecule has 0 spiro atoms. The van der Waals surface area contributed by atoms with Crippen LogP contribution in [0.15, 0.2) is 64.2 Å². The highest BCUT2D eigenvalue weighted by Gasteiger charge is 2.22. The van der Waals surface area contributed by atoms with Gasteiger partial charge in [0.1, 0.15) is 9.90 Å². The molecule has 2 aromatic heterocycles. The first-order valence-electron chi connectivity index (χ1n) is 13.2. The molecule has 4 aromatic rings. The summed E-state index contributed by atoms with van der Waals surface area (Å²) in [6.07, 6.45) is 0. The number of aromatic amines is 1. The maximum absolute atomic E-state index is 13.3. The lowest BCUT2D eigenvalue weighted by atomic mass is 10.1. The van der Waals surface area contributed by atoms with E-state index in [1.54, 1.807) is 30.5 Å². The molecule has 1 aliphatic rings. The van der Waals surface area contributed by atoms with Crippen LogP contribution < -0.4 is 10.0 Å². The number of benzene rings is 2. The van der Waals surface area contributed by atoms with Crippen LogP contribution in [0.2, 0.25) is 0 Å². The fraction of sp³-hybridized carbons (Fsp3) is 0.345. The van der Waals surface area contributed by atoms with Crippen LogP contribution in [0, 0.1) is 13.8 Å². The predicted octanol–water partition coefficient (Wildman–Crippen LogP) is 5.01.